The standard InChI is InChI=1S/C18H14F2N4O2S/c19-14-7-6-12(8-15(14)20)21-16(25)9-13-10-27-18(23-13)24-17(26)22-11-4-2-1-3-5-11/h1-8,10H,9H2,(H,21,25)(H2,22,23,24,26). The topological polar surface area (TPSA) is 83.1 Å². The van der Waals surface area contributed by atoms with Gasteiger partial charge in [0, 0.05) is 22.8 Å². The number of nitrogens with one attached hydrogen (secondary N) is 3. The molecule has 2 aromatic carbocycles. The number of rotatable bonds is 5. The van der Waals surface area contributed by atoms with E-state index in [0.717, 1.165) is 12.1 Å². The molecule has 6 nitrogen and oxygen atoms in total. The van der Waals surface area contributed by atoms with Crippen LogP contribution in [-0.2, 0) is 11.2 Å². The van der Waals surface area contributed by atoms with Gasteiger partial charge in [-0.15, -0.1) is 11.3 Å². The largest absolute Gasteiger partial charge is 0.326 e. The van der Waals surface area contributed by atoms with Crippen molar-refractivity contribution in [1.82, 2.24) is 4.98 Å². The molecule has 3 N–H and O–H groups in total. The number of urea groups is 1. The molecule has 9 heteroatoms. The first-order valence-electron chi connectivity index (χ1n) is 7.82. The Balaban J connectivity index is 1.53. The van der Waals surface area contributed by atoms with Crippen LogP contribution in [0, 0.1) is 11.6 Å². The number of carbonyl (C=O) groups is 2. The zero-order valence-electron chi connectivity index (χ0n) is 13.8. The van der Waals surface area contributed by atoms with E-state index in [1.807, 2.05) is 6.07 Å². The second kappa shape index (κ2) is 8.37. The summed E-state index contributed by atoms with van der Waals surface area (Å²) in [6.45, 7) is 0. The molecule has 3 rings (SSSR count). The summed E-state index contributed by atoms with van der Waals surface area (Å²) < 4.78 is 26.0. The van der Waals surface area contributed by atoms with Crippen molar-refractivity contribution < 1.29 is 18.4 Å². The van der Waals surface area contributed by atoms with Gasteiger partial charge < -0.3 is 10.6 Å². The Hall–Kier alpha value is -3.33. The predicted molar refractivity (Wildman–Crippen MR) is 99.9 cm³/mol. The van der Waals surface area contributed by atoms with E-state index in [1.54, 1.807) is 29.6 Å². The van der Waals surface area contributed by atoms with Gasteiger partial charge in [0.25, 0.3) is 0 Å². The van der Waals surface area contributed by atoms with Gasteiger partial charge in [-0.25, -0.2) is 18.6 Å². The van der Waals surface area contributed by atoms with Gasteiger partial charge in [-0.05, 0) is 24.3 Å². The number of halogens is 2. The van der Waals surface area contributed by atoms with Crippen molar-refractivity contribution in [3.63, 3.8) is 0 Å². The lowest BCUT2D eigenvalue weighted by Gasteiger charge is -2.05. The molecule has 0 spiro atoms. The van der Waals surface area contributed by atoms with E-state index in [1.165, 1.54) is 17.4 Å². The Morgan fingerprint density at radius 3 is 2.44 bits per heavy atom. The van der Waals surface area contributed by atoms with Gasteiger partial charge in [0.1, 0.15) is 0 Å². The third-order valence-electron chi connectivity index (χ3n) is 3.35. The number of hydrogen-bond acceptors (Lipinski definition) is 4. The quantitative estimate of drug-likeness (QED) is 0.611. The first kappa shape index (κ1) is 18.5. The van der Waals surface area contributed by atoms with E-state index in [4.69, 9.17) is 0 Å². The summed E-state index contributed by atoms with van der Waals surface area (Å²) in [5, 5.41) is 9.66. The monoisotopic (exact) mass is 388 g/mol. The molecule has 0 aliphatic heterocycles. The van der Waals surface area contributed by atoms with Crippen LogP contribution in [0.2, 0.25) is 0 Å². The van der Waals surface area contributed by atoms with E-state index in [-0.39, 0.29) is 12.1 Å². The molecule has 0 atom stereocenters. The Morgan fingerprint density at radius 1 is 0.926 bits per heavy atom. The molecule has 1 heterocycles. The predicted octanol–water partition coefficient (Wildman–Crippen LogP) is 4.25. The number of anilines is 3. The van der Waals surface area contributed by atoms with Crippen LogP contribution in [-0.4, -0.2) is 16.9 Å². The molecule has 0 saturated carbocycles. The van der Waals surface area contributed by atoms with Crippen LogP contribution < -0.4 is 16.0 Å². The highest BCUT2D eigenvalue weighted by Gasteiger charge is 2.11. The number of para-hydroxylation sites is 1. The van der Waals surface area contributed by atoms with Crippen LogP contribution in [0.4, 0.5) is 30.1 Å². The molecule has 138 valence electrons. The van der Waals surface area contributed by atoms with Crippen molar-refractivity contribution in [2.24, 2.45) is 0 Å². The van der Waals surface area contributed by atoms with Crippen molar-refractivity contribution >= 4 is 39.8 Å². The van der Waals surface area contributed by atoms with E-state index < -0.39 is 23.6 Å². The van der Waals surface area contributed by atoms with Gasteiger partial charge in [-0.2, -0.15) is 0 Å². The first-order chi connectivity index (χ1) is 13.0. The Morgan fingerprint density at radius 2 is 1.70 bits per heavy atom. The summed E-state index contributed by atoms with van der Waals surface area (Å²) in [5.74, 6) is -2.47. The summed E-state index contributed by atoms with van der Waals surface area (Å²) in [7, 11) is 0. The number of thiazole rings is 1. The van der Waals surface area contributed by atoms with Crippen molar-refractivity contribution in [3.05, 3.63) is 71.2 Å². The number of nitrogens with zero attached hydrogens (tertiary/aromatic N) is 1. The Labute approximate surface area is 157 Å². The van der Waals surface area contributed by atoms with Crippen LogP contribution in [0.1, 0.15) is 5.69 Å². The van der Waals surface area contributed by atoms with Crippen LogP contribution in [0.25, 0.3) is 0 Å². The number of hydrogen-bond donors (Lipinski definition) is 3. The maximum absolute atomic E-state index is 13.2. The molecule has 0 fully saturated rings. The van der Waals surface area contributed by atoms with Crippen LogP contribution in [0.3, 0.4) is 0 Å². The lowest BCUT2D eigenvalue weighted by molar-refractivity contribution is -0.115. The van der Waals surface area contributed by atoms with Gasteiger partial charge in [-0.1, -0.05) is 18.2 Å². The second-order valence-corrected chi connectivity index (χ2v) is 6.30. The summed E-state index contributed by atoms with van der Waals surface area (Å²) in [5.41, 5.74) is 1.22. The molecule has 0 saturated heterocycles. The molecule has 0 radical (unpaired) electrons. The van der Waals surface area contributed by atoms with Crippen molar-refractivity contribution in [3.8, 4) is 0 Å². The molecule has 3 amide bonds. The highest BCUT2D eigenvalue weighted by Crippen LogP contribution is 2.18. The van der Waals surface area contributed by atoms with Crippen molar-refractivity contribution in [2.45, 2.75) is 6.42 Å². The third-order valence-corrected chi connectivity index (χ3v) is 4.16. The van der Waals surface area contributed by atoms with Crippen LogP contribution in [0.15, 0.2) is 53.9 Å². The highest BCUT2D eigenvalue weighted by atomic mass is 32.1. The number of amides is 3. The molecule has 3 aromatic rings. The molecule has 27 heavy (non-hydrogen) atoms. The maximum Gasteiger partial charge on any atom is 0.325 e. The number of aromatic nitrogens is 1. The minimum absolute atomic E-state index is 0.0719. The lowest BCUT2D eigenvalue weighted by atomic mass is 10.2. The van der Waals surface area contributed by atoms with E-state index in [0.29, 0.717) is 16.5 Å². The average Bonchev–Trinajstić information content (AvgIpc) is 3.05. The Bertz CT molecular complexity index is 963. The second-order valence-electron chi connectivity index (χ2n) is 5.44. The minimum Gasteiger partial charge on any atom is -0.326 e. The molecule has 0 unspecified atom stereocenters. The van der Waals surface area contributed by atoms with E-state index in [2.05, 4.69) is 20.9 Å². The fraction of sp³-hybridized carbons (Fsp3) is 0.0556. The zero-order chi connectivity index (χ0) is 19.2. The van der Waals surface area contributed by atoms with Gasteiger partial charge in [0.2, 0.25) is 5.91 Å². The summed E-state index contributed by atoms with van der Waals surface area (Å²) in [6, 6.07) is 11.6. The Kier molecular flexibility index (Phi) is 5.72. The molecule has 0 aliphatic rings. The molecule has 0 bridgehead atoms. The van der Waals surface area contributed by atoms with Gasteiger partial charge >= 0.3 is 6.03 Å². The van der Waals surface area contributed by atoms with Crippen LogP contribution in [0.5, 0.6) is 0 Å². The number of benzene rings is 2. The van der Waals surface area contributed by atoms with E-state index >= 15 is 0 Å². The normalized spacial score (nSPS) is 10.3. The van der Waals surface area contributed by atoms with Gasteiger partial charge in [-0.3, -0.25) is 10.1 Å². The molecular weight excluding hydrogens is 374 g/mol. The minimum atomic E-state index is -1.04. The summed E-state index contributed by atoms with van der Waals surface area (Å²) in [4.78, 5) is 28.1. The van der Waals surface area contributed by atoms with Gasteiger partial charge in [0.15, 0.2) is 16.8 Å². The van der Waals surface area contributed by atoms with Crippen LogP contribution >= 0.6 is 11.3 Å². The molecular formula is C18H14F2N4O2S. The number of carbonyl (C=O) groups excluding carboxylic acids is 2. The lowest BCUT2D eigenvalue weighted by Crippen LogP contribution is -2.19. The van der Waals surface area contributed by atoms with Crippen molar-refractivity contribution in [1.29, 1.82) is 0 Å². The van der Waals surface area contributed by atoms with E-state index in [9.17, 15) is 18.4 Å². The smallest absolute Gasteiger partial charge is 0.325 e. The SMILES string of the molecule is O=C(Cc1csc(NC(=O)Nc2ccccc2)n1)Nc1ccc(F)c(F)c1. The third kappa shape index (κ3) is 5.32. The molecule has 0 aliphatic carbocycles. The fourth-order valence-electron chi connectivity index (χ4n) is 2.17. The van der Waals surface area contributed by atoms with Gasteiger partial charge in [0.05, 0.1) is 12.1 Å². The van der Waals surface area contributed by atoms with Crippen molar-refractivity contribution in [2.75, 3.05) is 16.0 Å². The zero-order valence-corrected chi connectivity index (χ0v) is 14.6. The summed E-state index contributed by atoms with van der Waals surface area (Å²) in [6.07, 6.45) is -0.0719. The maximum atomic E-state index is 13.2. The average molecular weight is 388 g/mol. The highest BCUT2D eigenvalue weighted by molar-refractivity contribution is 7.14. The first-order valence-corrected chi connectivity index (χ1v) is 8.70. The molecule has 1 aromatic heterocycles. The fourth-order valence-corrected chi connectivity index (χ4v) is 2.88. The summed E-state index contributed by atoms with van der Waals surface area (Å²) >= 11 is 1.17.